The maximum Gasteiger partial charge on any atom is 0.387 e. The zero-order valence-electron chi connectivity index (χ0n) is 13.1. The first-order valence-electron chi connectivity index (χ1n) is 7.81. The van der Waals surface area contributed by atoms with Gasteiger partial charge < -0.3 is 14.6 Å². The van der Waals surface area contributed by atoms with Gasteiger partial charge in [0.25, 0.3) is 5.91 Å². The van der Waals surface area contributed by atoms with Gasteiger partial charge in [0.1, 0.15) is 5.75 Å². The lowest BCUT2D eigenvalue weighted by atomic mass is 10.1. The fourth-order valence-corrected chi connectivity index (χ4v) is 2.83. The van der Waals surface area contributed by atoms with Gasteiger partial charge in [0.05, 0.1) is 5.56 Å². The Morgan fingerprint density at radius 2 is 1.88 bits per heavy atom. The van der Waals surface area contributed by atoms with Gasteiger partial charge in [-0.15, -0.1) is 0 Å². The quantitative estimate of drug-likeness (QED) is 0.914. The molecule has 0 radical (unpaired) electrons. The molecule has 2 aromatic rings. The van der Waals surface area contributed by atoms with E-state index in [0.717, 1.165) is 25.3 Å². The molecule has 0 saturated carbocycles. The van der Waals surface area contributed by atoms with Gasteiger partial charge in [-0.05, 0) is 24.3 Å². The van der Waals surface area contributed by atoms with Gasteiger partial charge in [0.15, 0.2) is 0 Å². The molecule has 0 spiro atoms. The van der Waals surface area contributed by atoms with E-state index in [2.05, 4.69) is 14.6 Å². The second-order valence-electron chi connectivity index (χ2n) is 5.64. The van der Waals surface area contributed by atoms with Crippen LogP contribution in [0.1, 0.15) is 16.1 Å². The third-order valence-electron chi connectivity index (χ3n) is 4.05. The number of nitrogens with zero attached hydrogens (tertiary/aromatic N) is 2. The molecule has 1 fully saturated rings. The van der Waals surface area contributed by atoms with Crippen molar-refractivity contribution in [3.63, 3.8) is 0 Å². The third kappa shape index (κ3) is 3.91. The number of halogens is 2. The van der Waals surface area contributed by atoms with E-state index in [1.54, 1.807) is 17.0 Å². The molecule has 3 rings (SSSR count). The summed E-state index contributed by atoms with van der Waals surface area (Å²) in [5.74, 6) is -0.350. The molecule has 0 aliphatic carbocycles. The van der Waals surface area contributed by atoms with Gasteiger partial charge in [0, 0.05) is 44.6 Å². The van der Waals surface area contributed by atoms with Gasteiger partial charge >= 0.3 is 6.61 Å². The molecule has 1 amide bonds. The topological polar surface area (TPSA) is 48.6 Å². The van der Waals surface area contributed by atoms with Crippen LogP contribution in [0.5, 0.6) is 5.75 Å². The number of amides is 1. The van der Waals surface area contributed by atoms with E-state index < -0.39 is 6.61 Å². The van der Waals surface area contributed by atoms with Gasteiger partial charge in [-0.25, -0.2) is 0 Å². The number of piperazine rings is 1. The first kappa shape index (κ1) is 16.4. The van der Waals surface area contributed by atoms with Crippen molar-refractivity contribution in [1.29, 1.82) is 0 Å². The molecule has 5 nitrogen and oxygen atoms in total. The van der Waals surface area contributed by atoms with Crippen molar-refractivity contribution in [3.8, 4) is 5.75 Å². The number of benzene rings is 1. The summed E-state index contributed by atoms with van der Waals surface area (Å²) >= 11 is 0. The molecule has 1 aliphatic heterocycles. The normalized spacial score (nSPS) is 15.7. The fourth-order valence-electron chi connectivity index (χ4n) is 2.83. The number of aromatic amines is 1. The molecular weight excluding hydrogens is 316 g/mol. The molecule has 128 valence electrons. The summed E-state index contributed by atoms with van der Waals surface area (Å²) in [6.07, 6.45) is 1.88. The summed E-state index contributed by atoms with van der Waals surface area (Å²) in [6, 6.07) is 10.1. The lowest BCUT2D eigenvalue weighted by Crippen LogP contribution is -2.48. The van der Waals surface area contributed by atoms with Crippen molar-refractivity contribution in [2.45, 2.75) is 13.2 Å². The van der Waals surface area contributed by atoms with Gasteiger partial charge in [-0.2, -0.15) is 8.78 Å². The van der Waals surface area contributed by atoms with Crippen LogP contribution in [0.4, 0.5) is 8.78 Å². The number of rotatable bonds is 5. The summed E-state index contributed by atoms with van der Waals surface area (Å²) in [7, 11) is 0. The first-order valence-corrected chi connectivity index (χ1v) is 7.81. The highest BCUT2D eigenvalue weighted by Crippen LogP contribution is 2.22. The van der Waals surface area contributed by atoms with Crippen LogP contribution in [0.3, 0.4) is 0 Å². The first-order chi connectivity index (χ1) is 11.6. The molecule has 7 heteroatoms. The molecule has 1 N–H and O–H groups in total. The van der Waals surface area contributed by atoms with Crippen molar-refractivity contribution >= 4 is 5.91 Å². The number of ether oxygens (including phenoxy) is 1. The fraction of sp³-hybridized carbons (Fsp3) is 0.353. The molecule has 1 saturated heterocycles. The highest BCUT2D eigenvalue weighted by molar-refractivity contribution is 5.97. The molecule has 2 heterocycles. The zero-order chi connectivity index (χ0) is 16.9. The number of hydrogen-bond donors (Lipinski definition) is 1. The second-order valence-corrected chi connectivity index (χ2v) is 5.64. The smallest absolute Gasteiger partial charge is 0.387 e. The van der Waals surface area contributed by atoms with Gasteiger partial charge in [-0.1, -0.05) is 12.1 Å². The van der Waals surface area contributed by atoms with Crippen molar-refractivity contribution in [2.75, 3.05) is 26.2 Å². The van der Waals surface area contributed by atoms with E-state index in [1.807, 2.05) is 18.3 Å². The largest absolute Gasteiger partial charge is 0.434 e. The lowest BCUT2D eigenvalue weighted by molar-refractivity contribution is -0.0503. The number of para-hydroxylation sites is 1. The number of carbonyl (C=O) groups is 1. The average Bonchev–Trinajstić information content (AvgIpc) is 3.08. The van der Waals surface area contributed by atoms with Gasteiger partial charge in [-0.3, -0.25) is 9.69 Å². The Hall–Kier alpha value is -2.41. The standard InChI is InChI=1S/C17H19F2N3O2/c18-17(19)24-15-6-2-1-5-14(15)16(23)22-10-8-21(9-11-22)12-13-4-3-7-20-13/h1-7,17,20H,8-12H2. The number of carbonyl (C=O) groups excluding carboxylic acids is 1. The van der Waals surface area contributed by atoms with Crippen LogP contribution in [0.25, 0.3) is 0 Å². The van der Waals surface area contributed by atoms with Crippen LogP contribution >= 0.6 is 0 Å². The van der Waals surface area contributed by atoms with E-state index in [0.29, 0.717) is 13.1 Å². The van der Waals surface area contributed by atoms with Gasteiger partial charge in [0.2, 0.25) is 0 Å². The minimum atomic E-state index is -2.95. The molecule has 0 bridgehead atoms. The number of alkyl halides is 2. The molecule has 24 heavy (non-hydrogen) atoms. The number of nitrogens with one attached hydrogen (secondary N) is 1. The zero-order valence-corrected chi connectivity index (χ0v) is 13.1. The maximum atomic E-state index is 12.6. The molecule has 1 aromatic heterocycles. The molecule has 1 aliphatic rings. The average molecular weight is 335 g/mol. The number of hydrogen-bond acceptors (Lipinski definition) is 3. The van der Waals surface area contributed by atoms with E-state index in [9.17, 15) is 13.6 Å². The summed E-state index contributed by atoms with van der Waals surface area (Å²) in [5.41, 5.74) is 1.31. The lowest BCUT2D eigenvalue weighted by Gasteiger charge is -2.34. The molecule has 0 atom stereocenters. The van der Waals surface area contributed by atoms with Crippen LogP contribution in [-0.4, -0.2) is 53.5 Å². The Morgan fingerprint density at radius 1 is 1.12 bits per heavy atom. The minimum Gasteiger partial charge on any atom is -0.434 e. The summed E-state index contributed by atoms with van der Waals surface area (Å²) < 4.78 is 29.4. The van der Waals surface area contributed by atoms with Crippen LogP contribution in [0, 0.1) is 0 Å². The minimum absolute atomic E-state index is 0.0775. The molecule has 0 unspecified atom stereocenters. The van der Waals surface area contributed by atoms with Crippen LogP contribution < -0.4 is 4.74 Å². The summed E-state index contributed by atoms with van der Waals surface area (Å²) in [5, 5.41) is 0. The predicted octanol–water partition coefficient (Wildman–Crippen LogP) is 2.57. The monoisotopic (exact) mass is 335 g/mol. The SMILES string of the molecule is O=C(c1ccccc1OC(F)F)N1CCN(Cc2ccc[nH]2)CC1. The van der Waals surface area contributed by atoms with Crippen molar-refractivity contribution in [2.24, 2.45) is 0 Å². The summed E-state index contributed by atoms with van der Waals surface area (Å²) in [6.45, 7) is 0.452. The predicted molar refractivity (Wildman–Crippen MR) is 85.0 cm³/mol. The Balaban J connectivity index is 1.61. The van der Waals surface area contributed by atoms with E-state index in [-0.39, 0.29) is 17.2 Å². The van der Waals surface area contributed by atoms with Crippen molar-refractivity contribution in [3.05, 3.63) is 53.9 Å². The van der Waals surface area contributed by atoms with Crippen molar-refractivity contribution in [1.82, 2.24) is 14.8 Å². The molecular formula is C17H19F2N3O2. The van der Waals surface area contributed by atoms with Crippen LogP contribution in [0.2, 0.25) is 0 Å². The van der Waals surface area contributed by atoms with Crippen LogP contribution in [0.15, 0.2) is 42.6 Å². The summed E-state index contributed by atoms with van der Waals surface area (Å²) in [4.78, 5) is 19.7. The number of H-pyrrole nitrogens is 1. The van der Waals surface area contributed by atoms with Crippen LogP contribution in [-0.2, 0) is 6.54 Å². The van der Waals surface area contributed by atoms with E-state index >= 15 is 0 Å². The molecule has 1 aromatic carbocycles. The highest BCUT2D eigenvalue weighted by Gasteiger charge is 2.25. The highest BCUT2D eigenvalue weighted by atomic mass is 19.3. The van der Waals surface area contributed by atoms with E-state index in [4.69, 9.17) is 0 Å². The second kappa shape index (κ2) is 7.44. The maximum absolute atomic E-state index is 12.6. The van der Waals surface area contributed by atoms with Crippen molar-refractivity contribution < 1.29 is 18.3 Å². The Morgan fingerprint density at radius 3 is 2.54 bits per heavy atom. The Bertz CT molecular complexity index is 668. The Kier molecular flexibility index (Phi) is 5.10. The Labute approximate surface area is 138 Å². The third-order valence-corrected chi connectivity index (χ3v) is 4.05. The van der Waals surface area contributed by atoms with E-state index in [1.165, 1.54) is 12.1 Å². The number of aromatic nitrogens is 1.